The van der Waals surface area contributed by atoms with E-state index in [0.717, 1.165) is 67.4 Å². The normalized spacial score (nSPS) is 15.3. The van der Waals surface area contributed by atoms with Crippen LogP contribution < -0.4 is 0 Å². The fraction of sp³-hybridized carbons (Fsp3) is 0.273. The molecule has 3 heterocycles. The molecule has 142 valence electrons. The molecular weight excluding hydrogens is 350 g/mol. The van der Waals surface area contributed by atoms with Crippen LogP contribution in [-0.2, 0) is 17.7 Å². The highest BCUT2D eigenvalue weighted by Crippen LogP contribution is 2.20. The molecular formula is C22H23N5O. The molecule has 1 aliphatic rings. The van der Waals surface area contributed by atoms with Crippen molar-refractivity contribution in [3.8, 4) is 11.3 Å². The first-order valence-electron chi connectivity index (χ1n) is 9.70. The van der Waals surface area contributed by atoms with E-state index in [2.05, 4.69) is 62.5 Å². The molecule has 0 radical (unpaired) electrons. The Morgan fingerprint density at radius 1 is 0.964 bits per heavy atom. The van der Waals surface area contributed by atoms with Crippen LogP contribution in [0.1, 0.15) is 17.0 Å². The summed E-state index contributed by atoms with van der Waals surface area (Å²) in [6.07, 6.45) is 2.67. The van der Waals surface area contributed by atoms with E-state index in [0.29, 0.717) is 0 Å². The third kappa shape index (κ3) is 3.69. The maximum absolute atomic E-state index is 5.42. The number of aromatic nitrogens is 4. The summed E-state index contributed by atoms with van der Waals surface area (Å²) in [5.41, 5.74) is 6.90. The second kappa shape index (κ2) is 7.58. The summed E-state index contributed by atoms with van der Waals surface area (Å²) in [7, 11) is 0. The van der Waals surface area contributed by atoms with Gasteiger partial charge in [0.15, 0.2) is 0 Å². The molecule has 0 atom stereocenters. The van der Waals surface area contributed by atoms with Crippen LogP contribution in [0.25, 0.3) is 22.3 Å². The van der Waals surface area contributed by atoms with Crippen molar-refractivity contribution >= 4 is 11.0 Å². The Hall–Kier alpha value is -2.96. The van der Waals surface area contributed by atoms with Gasteiger partial charge in [0.1, 0.15) is 5.82 Å². The lowest BCUT2D eigenvalue weighted by molar-refractivity contribution is 0.0332. The van der Waals surface area contributed by atoms with E-state index < -0.39 is 0 Å². The number of fused-ring (bicyclic) bond motifs is 1. The standard InChI is InChI=1S/C22H23N5O/c1-4-18(19-7-8-23-26-19)5-2-16(1)13-17-3-6-20-21(14-17)25-22(24-20)15-27-9-11-28-12-10-27/h1-8,14H,9-13,15H2,(H,23,26)(H,24,25). The Bertz CT molecular complexity index is 1050. The molecule has 0 bridgehead atoms. The molecule has 1 fully saturated rings. The molecule has 2 aromatic heterocycles. The van der Waals surface area contributed by atoms with E-state index >= 15 is 0 Å². The second-order valence-corrected chi connectivity index (χ2v) is 7.27. The number of rotatable bonds is 5. The molecule has 0 aliphatic carbocycles. The van der Waals surface area contributed by atoms with E-state index in [1.54, 1.807) is 6.20 Å². The molecule has 1 aliphatic heterocycles. The summed E-state index contributed by atoms with van der Waals surface area (Å²) in [6.45, 7) is 4.41. The van der Waals surface area contributed by atoms with Crippen LogP contribution in [0.15, 0.2) is 54.7 Å². The third-order valence-electron chi connectivity index (χ3n) is 5.25. The van der Waals surface area contributed by atoms with Gasteiger partial charge in [0.05, 0.1) is 36.5 Å². The third-order valence-corrected chi connectivity index (χ3v) is 5.25. The monoisotopic (exact) mass is 373 g/mol. The Balaban J connectivity index is 1.30. The molecule has 0 spiro atoms. The van der Waals surface area contributed by atoms with Gasteiger partial charge in [-0.3, -0.25) is 10.00 Å². The minimum Gasteiger partial charge on any atom is -0.379 e. The zero-order valence-electron chi connectivity index (χ0n) is 15.7. The van der Waals surface area contributed by atoms with Gasteiger partial charge in [0.25, 0.3) is 0 Å². The van der Waals surface area contributed by atoms with Crippen molar-refractivity contribution in [3.05, 3.63) is 71.7 Å². The van der Waals surface area contributed by atoms with Crippen LogP contribution in [0.3, 0.4) is 0 Å². The lowest BCUT2D eigenvalue weighted by atomic mass is 10.0. The number of nitrogens with one attached hydrogen (secondary N) is 2. The molecule has 2 N–H and O–H groups in total. The summed E-state index contributed by atoms with van der Waals surface area (Å²) in [4.78, 5) is 10.6. The molecule has 2 aromatic carbocycles. The van der Waals surface area contributed by atoms with E-state index in [9.17, 15) is 0 Å². The minimum atomic E-state index is 0.809. The van der Waals surface area contributed by atoms with Gasteiger partial charge in [-0.25, -0.2) is 4.98 Å². The fourth-order valence-corrected chi connectivity index (χ4v) is 3.72. The Morgan fingerprint density at radius 2 is 1.79 bits per heavy atom. The molecule has 0 saturated carbocycles. The number of aromatic amines is 2. The average molecular weight is 373 g/mol. The van der Waals surface area contributed by atoms with Crippen LogP contribution in [0, 0.1) is 0 Å². The van der Waals surface area contributed by atoms with Gasteiger partial charge in [-0.15, -0.1) is 0 Å². The highest BCUT2D eigenvalue weighted by molar-refractivity contribution is 5.76. The van der Waals surface area contributed by atoms with Gasteiger partial charge in [0.2, 0.25) is 0 Å². The van der Waals surface area contributed by atoms with E-state index in [1.807, 2.05) is 6.07 Å². The number of morpholine rings is 1. The molecule has 0 amide bonds. The summed E-state index contributed by atoms with van der Waals surface area (Å²) in [5.74, 6) is 1.03. The summed E-state index contributed by atoms with van der Waals surface area (Å²) in [5, 5.41) is 7.02. The summed E-state index contributed by atoms with van der Waals surface area (Å²) in [6, 6.07) is 17.1. The molecule has 5 rings (SSSR count). The molecule has 0 unspecified atom stereocenters. The van der Waals surface area contributed by atoms with Crippen LogP contribution in [0.5, 0.6) is 0 Å². The highest BCUT2D eigenvalue weighted by atomic mass is 16.5. The summed E-state index contributed by atoms with van der Waals surface area (Å²) >= 11 is 0. The van der Waals surface area contributed by atoms with Gasteiger partial charge >= 0.3 is 0 Å². The van der Waals surface area contributed by atoms with Crippen molar-refractivity contribution in [1.29, 1.82) is 0 Å². The number of hydrogen-bond acceptors (Lipinski definition) is 4. The fourth-order valence-electron chi connectivity index (χ4n) is 3.72. The van der Waals surface area contributed by atoms with Crippen LogP contribution >= 0.6 is 0 Å². The van der Waals surface area contributed by atoms with Crippen LogP contribution in [0.4, 0.5) is 0 Å². The van der Waals surface area contributed by atoms with E-state index in [1.165, 1.54) is 11.1 Å². The van der Waals surface area contributed by atoms with Crippen molar-refractivity contribution in [2.24, 2.45) is 0 Å². The SMILES string of the molecule is c1cc(-c2ccc(Cc3ccc4nc(CN5CCOCC5)[nH]c4c3)cc2)[nH]n1. The van der Waals surface area contributed by atoms with Gasteiger partial charge in [-0.1, -0.05) is 30.3 Å². The Morgan fingerprint density at radius 3 is 2.57 bits per heavy atom. The molecule has 4 aromatic rings. The van der Waals surface area contributed by atoms with Gasteiger partial charge in [-0.2, -0.15) is 5.10 Å². The van der Waals surface area contributed by atoms with Crippen molar-refractivity contribution in [2.45, 2.75) is 13.0 Å². The van der Waals surface area contributed by atoms with E-state index in [4.69, 9.17) is 9.72 Å². The largest absolute Gasteiger partial charge is 0.379 e. The van der Waals surface area contributed by atoms with Crippen LogP contribution in [-0.4, -0.2) is 51.4 Å². The number of nitrogens with zero attached hydrogens (tertiary/aromatic N) is 3. The lowest BCUT2D eigenvalue weighted by Crippen LogP contribution is -2.35. The quantitative estimate of drug-likeness (QED) is 0.563. The first-order chi connectivity index (χ1) is 13.8. The highest BCUT2D eigenvalue weighted by Gasteiger charge is 2.13. The smallest absolute Gasteiger partial charge is 0.121 e. The first kappa shape index (κ1) is 17.2. The van der Waals surface area contributed by atoms with Crippen molar-refractivity contribution in [2.75, 3.05) is 26.3 Å². The first-order valence-corrected chi connectivity index (χ1v) is 9.70. The molecule has 6 nitrogen and oxygen atoms in total. The number of hydrogen-bond donors (Lipinski definition) is 2. The minimum absolute atomic E-state index is 0.809. The summed E-state index contributed by atoms with van der Waals surface area (Å²) < 4.78 is 5.42. The van der Waals surface area contributed by atoms with Crippen LogP contribution in [0.2, 0.25) is 0 Å². The van der Waals surface area contributed by atoms with Gasteiger partial charge in [-0.05, 0) is 41.3 Å². The number of imidazole rings is 1. The molecule has 6 heteroatoms. The van der Waals surface area contributed by atoms with Crippen molar-refractivity contribution in [1.82, 2.24) is 25.1 Å². The van der Waals surface area contributed by atoms with Gasteiger partial charge < -0.3 is 9.72 Å². The topological polar surface area (TPSA) is 69.8 Å². The van der Waals surface area contributed by atoms with Crippen molar-refractivity contribution in [3.63, 3.8) is 0 Å². The Labute approximate surface area is 163 Å². The average Bonchev–Trinajstić information content (AvgIpc) is 3.39. The Kier molecular flexibility index (Phi) is 4.64. The zero-order valence-corrected chi connectivity index (χ0v) is 15.7. The maximum Gasteiger partial charge on any atom is 0.121 e. The number of ether oxygens (including phenoxy) is 1. The molecule has 28 heavy (non-hydrogen) atoms. The lowest BCUT2D eigenvalue weighted by Gasteiger charge is -2.25. The second-order valence-electron chi connectivity index (χ2n) is 7.27. The maximum atomic E-state index is 5.42. The van der Waals surface area contributed by atoms with E-state index in [-0.39, 0.29) is 0 Å². The number of benzene rings is 2. The predicted molar refractivity (Wildman–Crippen MR) is 109 cm³/mol. The predicted octanol–water partition coefficient (Wildman–Crippen LogP) is 3.38. The number of H-pyrrole nitrogens is 2. The zero-order chi connectivity index (χ0) is 18.8. The van der Waals surface area contributed by atoms with Gasteiger partial charge in [0, 0.05) is 19.3 Å². The van der Waals surface area contributed by atoms with Crippen molar-refractivity contribution < 1.29 is 4.74 Å². The molecule has 1 saturated heterocycles.